The quantitative estimate of drug-likeness (QED) is 0.502. The zero-order valence-corrected chi connectivity index (χ0v) is 9.64. The molecule has 0 N–H and O–H groups in total. The van der Waals surface area contributed by atoms with Crippen LogP contribution in [0, 0.1) is 5.92 Å². The summed E-state index contributed by atoms with van der Waals surface area (Å²) in [5.74, 6) is 0.694. The van der Waals surface area contributed by atoms with Crippen LogP contribution in [0.3, 0.4) is 0 Å². The molecule has 0 nitrogen and oxygen atoms in total. The summed E-state index contributed by atoms with van der Waals surface area (Å²) in [5.41, 5.74) is 6.11. The SMILES string of the molecule is C.C.C.CC1=C(C)C(C)C(C)=C1C.[Ti]. The Morgan fingerprint density at radius 3 is 1.00 bits per heavy atom. The molecule has 1 aliphatic carbocycles. The Morgan fingerprint density at radius 2 is 0.929 bits per heavy atom. The third kappa shape index (κ3) is 3.75. The van der Waals surface area contributed by atoms with Gasteiger partial charge in [0.25, 0.3) is 0 Å². The van der Waals surface area contributed by atoms with Gasteiger partial charge in [-0.05, 0) is 44.8 Å². The van der Waals surface area contributed by atoms with Gasteiger partial charge in [-0.25, -0.2) is 0 Å². The molecular formula is C13H28Ti. The molecule has 0 unspecified atom stereocenters. The molecule has 0 heterocycles. The molecule has 14 heavy (non-hydrogen) atoms. The summed E-state index contributed by atoms with van der Waals surface area (Å²) in [5, 5.41) is 0. The van der Waals surface area contributed by atoms with Crippen molar-refractivity contribution >= 4 is 0 Å². The molecule has 0 saturated carbocycles. The van der Waals surface area contributed by atoms with Crippen molar-refractivity contribution in [3.05, 3.63) is 22.3 Å². The summed E-state index contributed by atoms with van der Waals surface area (Å²) in [6.07, 6.45) is 0. The fourth-order valence-electron chi connectivity index (χ4n) is 1.57. The maximum atomic E-state index is 2.28. The zero-order valence-electron chi connectivity index (χ0n) is 8.08. The van der Waals surface area contributed by atoms with Crippen molar-refractivity contribution in [3.63, 3.8) is 0 Å². The third-order valence-electron chi connectivity index (χ3n) is 3.04. The molecule has 1 rings (SSSR count). The normalized spacial score (nSPS) is 15.2. The van der Waals surface area contributed by atoms with E-state index >= 15 is 0 Å². The van der Waals surface area contributed by atoms with Gasteiger partial charge >= 0.3 is 0 Å². The standard InChI is InChI=1S/C10H16.3CH4.Ti/c1-6-7(2)9(4)10(5)8(6)3;;;;/h6H,1-5H3;3*1H4;. The van der Waals surface area contributed by atoms with Crippen molar-refractivity contribution in [3.8, 4) is 0 Å². The van der Waals surface area contributed by atoms with Crippen molar-refractivity contribution in [1.29, 1.82) is 0 Å². The van der Waals surface area contributed by atoms with Crippen LogP contribution in [0.2, 0.25) is 0 Å². The molecule has 0 aromatic rings. The smallest absolute Gasteiger partial charge is 0 e. The fourth-order valence-corrected chi connectivity index (χ4v) is 1.57. The molecule has 0 atom stereocenters. The average molecular weight is 232 g/mol. The molecule has 0 aliphatic heterocycles. The van der Waals surface area contributed by atoms with Crippen LogP contribution in [-0.2, 0) is 21.7 Å². The Kier molecular flexibility index (Phi) is 14.4. The topological polar surface area (TPSA) is 0 Å². The summed E-state index contributed by atoms with van der Waals surface area (Å²) < 4.78 is 0. The first kappa shape index (κ1) is 23.8. The minimum Gasteiger partial charge on any atom is -0.0776 e. The van der Waals surface area contributed by atoms with E-state index in [0.717, 1.165) is 0 Å². The van der Waals surface area contributed by atoms with Crippen LogP contribution in [0.1, 0.15) is 56.9 Å². The molecule has 0 saturated heterocycles. The number of hydrogen-bond donors (Lipinski definition) is 0. The Morgan fingerprint density at radius 1 is 0.714 bits per heavy atom. The maximum absolute atomic E-state index is 2.28. The van der Waals surface area contributed by atoms with Crippen molar-refractivity contribution in [2.75, 3.05) is 0 Å². The van der Waals surface area contributed by atoms with E-state index in [0.29, 0.717) is 5.92 Å². The molecule has 1 heteroatoms. The van der Waals surface area contributed by atoms with Gasteiger partial charge in [-0.1, -0.05) is 40.3 Å². The molecule has 0 aromatic carbocycles. The zero-order chi connectivity index (χ0) is 7.89. The van der Waals surface area contributed by atoms with Crippen molar-refractivity contribution in [1.82, 2.24) is 0 Å². The van der Waals surface area contributed by atoms with Crippen LogP contribution >= 0.6 is 0 Å². The van der Waals surface area contributed by atoms with Gasteiger partial charge in [0, 0.05) is 21.7 Å². The van der Waals surface area contributed by atoms with E-state index in [-0.39, 0.29) is 44.0 Å². The van der Waals surface area contributed by atoms with Crippen molar-refractivity contribution in [2.24, 2.45) is 5.92 Å². The molecule has 0 aromatic heterocycles. The van der Waals surface area contributed by atoms with Gasteiger partial charge in [0.05, 0.1) is 0 Å². The van der Waals surface area contributed by atoms with E-state index in [1.807, 2.05) is 0 Å². The summed E-state index contributed by atoms with van der Waals surface area (Å²) in [7, 11) is 0. The minimum absolute atomic E-state index is 0. The van der Waals surface area contributed by atoms with E-state index in [4.69, 9.17) is 0 Å². The van der Waals surface area contributed by atoms with Crippen LogP contribution in [0.5, 0.6) is 0 Å². The van der Waals surface area contributed by atoms with E-state index < -0.39 is 0 Å². The van der Waals surface area contributed by atoms with E-state index in [9.17, 15) is 0 Å². The van der Waals surface area contributed by atoms with Gasteiger partial charge in [0.15, 0.2) is 0 Å². The Labute approximate surface area is 107 Å². The van der Waals surface area contributed by atoms with Crippen LogP contribution < -0.4 is 0 Å². The second-order valence-corrected chi connectivity index (χ2v) is 3.34. The van der Waals surface area contributed by atoms with Crippen molar-refractivity contribution < 1.29 is 21.7 Å². The van der Waals surface area contributed by atoms with E-state index in [1.165, 1.54) is 11.1 Å². The summed E-state index contributed by atoms with van der Waals surface area (Å²) in [6.45, 7) is 11.2. The summed E-state index contributed by atoms with van der Waals surface area (Å²) in [6, 6.07) is 0. The Bertz CT molecular complexity index is 197. The van der Waals surface area contributed by atoms with Gasteiger partial charge < -0.3 is 0 Å². The van der Waals surface area contributed by atoms with E-state index in [2.05, 4.69) is 34.6 Å². The fraction of sp³-hybridized carbons (Fsp3) is 0.692. The monoisotopic (exact) mass is 232 g/mol. The van der Waals surface area contributed by atoms with Gasteiger partial charge in [-0.3, -0.25) is 0 Å². The molecule has 0 spiro atoms. The number of rotatable bonds is 0. The number of hydrogen-bond acceptors (Lipinski definition) is 0. The first-order valence-corrected chi connectivity index (χ1v) is 3.90. The molecule has 0 bridgehead atoms. The second-order valence-electron chi connectivity index (χ2n) is 3.34. The van der Waals surface area contributed by atoms with Gasteiger partial charge in [0.2, 0.25) is 0 Å². The van der Waals surface area contributed by atoms with Gasteiger partial charge in [0.1, 0.15) is 0 Å². The average Bonchev–Trinajstić information content (AvgIpc) is 2.07. The predicted octanol–water partition coefficient (Wildman–Crippen LogP) is 5.21. The van der Waals surface area contributed by atoms with Crippen molar-refractivity contribution in [2.45, 2.75) is 56.9 Å². The van der Waals surface area contributed by atoms with Crippen LogP contribution in [0.4, 0.5) is 0 Å². The number of allylic oxidation sites excluding steroid dienone is 4. The maximum Gasteiger partial charge on any atom is 0 e. The molecule has 84 valence electrons. The summed E-state index contributed by atoms with van der Waals surface area (Å²) >= 11 is 0. The van der Waals surface area contributed by atoms with Crippen LogP contribution in [0.15, 0.2) is 22.3 Å². The first-order valence-electron chi connectivity index (χ1n) is 3.90. The molecule has 0 amide bonds. The van der Waals surface area contributed by atoms with Gasteiger partial charge in [-0.15, -0.1) is 0 Å². The largest absolute Gasteiger partial charge is 0.0776 e. The minimum atomic E-state index is 0. The Hall–Kier alpha value is 0.194. The van der Waals surface area contributed by atoms with E-state index in [1.54, 1.807) is 11.1 Å². The third-order valence-corrected chi connectivity index (χ3v) is 3.04. The van der Waals surface area contributed by atoms with Crippen LogP contribution in [-0.4, -0.2) is 0 Å². The molecular weight excluding hydrogens is 204 g/mol. The predicted molar refractivity (Wildman–Crippen MR) is 66.1 cm³/mol. The van der Waals surface area contributed by atoms with Crippen LogP contribution in [0.25, 0.3) is 0 Å². The Balaban J connectivity index is -0.000000125. The summed E-state index contributed by atoms with van der Waals surface area (Å²) in [4.78, 5) is 0. The second kappa shape index (κ2) is 8.50. The molecule has 0 fully saturated rings. The molecule has 1 aliphatic rings. The van der Waals surface area contributed by atoms with Gasteiger partial charge in [-0.2, -0.15) is 0 Å². The first-order chi connectivity index (χ1) is 4.55. The molecule has 0 radical (unpaired) electrons.